The van der Waals surface area contributed by atoms with E-state index in [9.17, 15) is 0 Å². The summed E-state index contributed by atoms with van der Waals surface area (Å²) in [5, 5.41) is 0.469. The number of benzene rings is 1. The molecule has 0 aliphatic rings. The van der Waals surface area contributed by atoms with Crippen LogP contribution in [0.3, 0.4) is 0 Å². The molecule has 2 aromatic rings. The molecule has 20 heavy (non-hydrogen) atoms. The lowest BCUT2D eigenvalue weighted by Gasteiger charge is -2.11. The number of hydrogen-bond acceptors (Lipinski definition) is 3. The molecule has 0 aliphatic carbocycles. The summed E-state index contributed by atoms with van der Waals surface area (Å²) in [4.78, 5) is 8.94. The monoisotopic (exact) mass is 290 g/mol. The predicted molar refractivity (Wildman–Crippen MR) is 82.2 cm³/mol. The molecule has 0 saturated carbocycles. The molecular formula is C16H19ClN2O. The lowest BCUT2D eigenvalue weighted by molar-refractivity contribution is 0.341. The summed E-state index contributed by atoms with van der Waals surface area (Å²) in [7, 11) is 0. The molecule has 0 atom stereocenters. The number of nitrogens with zero attached hydrogens (tertiary/aromatic N) is 2. The first-order valence-electron chi connectivity index (χ1n) is 6.85. The molecule has 2 rings (SSSR count). The van der Waals surface area contributed by atoms with Gasteiger partial charge in [-0.1, -0.05) is 37.6 Å². The lowest BCUT2D eigenvalue weighted by atomic mass is 10.1. The van der Waals surface area contributed by atoms with E-state index in [1.807, 2.05) is 37.3 Å². The van der Waals surface area contributed by atoms with Crippen LogP contribution in [0.4, 0.5) is 0 Å². The smallest absolute Gasteiger partial charge is 0.164 e. The van der Waals surface area contributed by atoms with Crippen LogP contribution in [0.2, 0.25) is 5.15 Å². The first kappa shape index (κ1) is 14.8. The largest absolute Gasteiger partial charge is 0.493 e. The van der Waals surface area contributed by atoms with Crippen LogP contribution in [0, 0.1) is 5.92 Å². The molecule has 1 heterocycles. The summed E-state index contributed by atoms with van der Waals surface area (Å²) in [5.41, 5.74) is 1.84. The van der Waals surface area contributed by atoms with Crippen LogP contribution in [-0.2, 0) is 6.42 Å². The van der Waals surface area contributed by atoms with Crippen molar-refractivity contribution in [3.63, 3.8) is 0 Å². The van der Waals surface area contributed by atoms with Gasteiger partial charge in [-0.25, -0.2) is 9.97 Å². The zero-order chi connectivity index (χ0) is 14.5. The van der Waals surface area contributed by atoms with E-state index in [1.54, 1.807) is 0 Å². The van der Waals surface area contributed by atoms with Gasteiger partial charge in [0.15, 0.2) is 5.82 Å². The van der Waals surface area contributed by atoms with Gasteiger partial charge >= 0.3 is 0 Å². The summed E-state index contributed by atoms with van der Waals surface area (Å²) < 4.78 is 5.63. The van der Waals surface area contributed by atoms with Crippen LogP contribution < -0.4 is 4.74 Å². The van der Waals surface area contributed by atoms with Crippen molar-refractivity contribution in [1.29, 1.82) is 0 Å². The standard InChI is InChI=1S/C16H19ClN2O/c1-4-20-14-8-6-5-7-13(14)16-18-12(9-11(2)3)10-15(17)19-16/h5-8,10-11H,4,9H2,1-3H3. The zero-order valence-corrected chi connectivity index (χ0v) is 12.8. The maximum atomic E-state index is 6.12. The van der Waals surface area contributed by atoms with Crippen molar-refractivity contribution in [1.82, 2.24) is 9.97 Å². The van der Waals surface area contributed by atoms with Crippen molar-refractivity contribution >= 4 is 11.6 Å². The number of rotatable bonds is 5. The molecule has 0 spiro atoms. The van der Waals surface area contributed by atoms with E-state index in [0.29, 0.717) is 23.5 Å². The van der Waals surface area contributed by atoms with E-state index in [-0.39, 0.29) is 0 Å². The molecule has 1 aromatic heterocycles. The fourth-order valence-corrected chi connectivity index (χ4v) is 2.25. The van der Waals surface area contributed by atoms with Gasteiger partial charge in [-0.3, -0.25) is 0 Å². The van der Waals surface area contributed by atoms with Crippen LogP contribution in [0.25, 0.3) is 11.4 Å². The second-order valence-electron chi connectivity index (χ2n) is 5.03. The topological polar surface area (TPSA) is 35.0 Å². The molecule has 3 nitrogen and oxygen atoms in total. The van der Waals surface area contributed by atoms with Crippen molar-refractivity contribution in [2.75, 3.05) is 6.61 Å². The third-order valence-electron chi connectivity index (χ3n) is 2.79. The van der Waals surface area contributed by atoms with Crippen molar-refractivity contribution in [2.24, 2.45) is 5.92 Å². The van der Waals surface area contributed by atoms with Crippen molar-refractivity contribution in [3.05, 3.63) is 41.2 Å². The van der Waals surface area contributed by atoms with Crippen LogP contribution in [-0.4, -0.2) is 16.6 Å². The Morgan fingerprint density at radius 2 is 1.95 bits per heavy atom. The van der Waals surface area contributed by atoms with Gasteiger partial charge in [0, 0.05) is 5.69 Å². The molecule has 106 valence electrons. The molecule has 0 unspecified atom stereocenters. The fourth-order valence-electron chi connectivity index (χ4n) is 2.04. The van der Waals surface area contributed by atoms with E-state index in [4.69, 9.17) is 16.3 Å². The highest BCUT2D eigenvalue weighted by atomic mass is 35.5. The quantitative estimate of drug-likeness (QED) is 0.766. The molecular weight excluding hydrogens is 272 g/mol. The van der Waals surface area contributed by atoms with Crippen LogP contribution in [0.5, 0.6) is 5.75 Å². The lowest BCUT2D eigenvalue weighted by Crippen LogP contribution is -2.02. The SMILES string of the molecule is CCOc1ccccc1-c1nc(Cl)cc(CC(C)C)n1. The fraction of sp³-hybridized carbons (Fsp3) is 0.375. The minimum Gasteiger partial charge on any atom is -0.493 e. The Morgan fingerprint density at radius 3 is 2.65 bits per heavy atom. The van der Waals surface area contributed by atoms with E-state index in [0.717, 1.165) is 23.4 Å². The molecule has 0 radical (unpaired) electrons. The van der Waals surface area contributed by atoms with Crippen LogP contribution >= 0.6 is 11.6 Å². The minimum atomic E-state index is 0.469. The summed E-state index contributed by atoms with van der Waals surface area (Å²) in [6.07, 6.45) is 0.881. The Hall–Kier alpha value is -1.61. The van der Waals surface area contributed by atoms with Gasteiger partial charge in [0.05, 0.1) is 12.2 Å². The Balaban J connectivity index is 2.44. The molecule has 0 amide bonds. The highest BCUT2D eigenvalue weighted by molar-refractivity contribution is 6.29. The molecule has 0 fully saturated rings. The van der Waals surface area contributed by atoms with Gasteiger partial charge in [-0.15, -0.1) is 0 Å². The highest BCUT2D eigenvalue weighted by Gasteiger charge is 2.11. The Labute approximate surface area is 125 Å². The van der Waals surface area contributed by atoms with Crippen LogP contribution in [0.1, 0.15) is 26.5 Å². The van der Waals surface area contributed by atoms with Gasteiger partial charge in [0.2, 0.25) is 0 Å². The Kier molecular flexibility index (Phi) is 4.96. The molecule has 1 aromatic carbocycles. The van der Waals surface area contributed by atoms with Gasteiger partial charge in [-0.2, -0.15) is 0 Å². The number of halogens is 1. The maximum Gasteiger partial charge on any atom is 0.164 e. The molecule has 4 heteroatoms. The Bertz CT molecular complexity index is 584. The van der Waals surface area contributed by atoms with Gasteiger partial charge in [0.1, 0.15) is 10.9 Å². The summed E-state index contributed by atoms with van der Waals surface area (Å²) in [6, 6.07) is 9.59. The zero-order valence-electron chi connectivity index (χ0n) is 12.1. The van der Waals surface area contributed by atoms with E-state index < -0.39 is 0 Å². The highest BCUT2D eigenvalue weighted by Crippen LogP contribution is 2.28. The third kappa shape index (κ3) is 3.70. The number of para-hydroxylation sites is 1. The Morgan fingerprint density at radius 1 is 1.20 bits per heavy atom. The maximum absolute atomic E-state index is 6.12. The average molecular weight is 291 g/mol. The first-order chi connectivity index (χ1) is 9.60. The number of ether oxygens (including phenoxy) is 1. The van der Waals surface area contributed by atoms with Crippen molar-refractivity contribution in [2.45, 2.75) is 27.2 Å². The predicted octanol–water partition coefficient (Wildman–Crippen LogP) is 4.39. The van der Waals surface area contributed by atoms with Gasteiger partial charge in [0.25, 0.3) is 0 Å². The van der Waals surface area contributed by atoms with Crippen molar-refractivity contribution < 1.29 is 4.74 Å². The second-order valence-corrected chi connectivity index (χ2v) is 5.42. The molecule has 0 saturated heterocycles. The van der Waals surface area contributed by atoms with Crippen LogP contribution in [0.15, 0.2) is 30.3 Å². The summed E-state index contributed by atoms with van der Waals surface area (Å²) in [6.45, 7) is 6.88. The molecule has 0 bridgehead atoms. The van der Waals surface area contributed by atoms with E-state index in [1.165, 1.54) is 0 Å². The van der Waals surface area contributed by atoms with E-state index >= 15 is 0 Å². The number of aromatic nitrogens is 2. The second kappa shape index (κ2) is 6.71. The van der Waals surface area contributed by atoms with E-state index in [2.05, 4.69) is 23.8 Å². The van der Waals surface area contributed by atoms with Crippen molar-refractivity contribution in [3.8, 4) is 17.1 Å². The molecule has 0 N–H and O–H groups in total. The third-order valence-corrected chi connectivity index (χ3v) is 2.99. The first-order valence-corrected chi connectivity index (χ1v) is 7.23. The summed E-state index contributed by atoms with van der Waals surface area (Å²) >= 11 is 6.12. The summed E-state index contributed by atoms with van der Waals surface area (Å²) in [5.74, 6) is 1.93. The minimum absolute atomic E-state index is 0.469. The normalized spacial score (nSPS) is 10.8. The van der Waals surface area contributed by atoms with Gasteiger partial charge in [-0.05, 0) is 37.5 Å². The average Bonchev–Trinajstić information content (AvgIpc) is 2.38. The number of hydrogen-bond donors (Lipinski definition) is 0. The van der Waals surface area contributed by atoms with Gasteiger partial charge < -0.3 is 4.74 Å². The molecule has 0 aliphatic heterocycles.